The van der Waals surface area contributed by atoms with Gasteiger partial charge in [-0.25, -0.2) is 0 Å². The third-order valence-electron chi connectivity index (χ3n) is 4.59. The molecule has 1 N–H and O–H groups in total. The Balaban J connectivity index is 1.95. The number of nitrogens with one attached hydrogen (secondary N) is 1. The van der Waals surface area contributed by atoms with E-state index in [9.17, 15) is 5.26 Å². The molecule has 1 aromatic carbocycles. The van der Waals surface area contributed by atoms with E-state index >= 15 is 0 Å². The van der Waals surface area contributed by atoms with Crippen LogP contribution in [-0.4, -0.2) is 49.4 Å². The van der Waals surface area contributed by atoms with Gasteiger partial charge >= 0.3 is 0 Å². The van der Waals surface area contributed by atoms with Crippen molar-refractivity contribution in [3.63, 3.8) is 0 Å². The standard InChI is InChI=1S/C18H24N5OP/c1-12-7-14(20-5-6-24-2)11-23(10-12)18-15(25)8-13(9-19)16-17(18)22-4-3-21-16/h3-4,8,12,14,20H,5-7,10-11,25H2,1-2H3/t12-,14+/m0/s1. The average molecular weight is 357 g/mol. The van der Waals surface area contributed by atoms with Crippen LogP contribution in [0.2, 0.25) is 0 Å². The molecule has 2 heterocycles. The Morgan fingerprint density at radius 1 is 1.36 bits per heavy atom. The number of rotatable bonds is 5. The lowest BCUT2D eigenvalue weighted by molar-refractivity contribution is 0.192. The molecule has 0 spiro atoms. The molecule has 132 valence electrons. The van der Waals surface area contributed by atoms with Crippen LogP contribution < -0.4 is 15.5 Å². The summed E-state index contributed by atoms with van der Waals surface area (Å²) in [6.45, 7) is 5.72. The number of piperidine rings is 1. The second-order valence-electron chi connectivity index (χ2n) is 6.62. The largest absolute Gasteiger partial charge is 0.383 e. The van der Waals surface area contributed by atoms with Crippen LogP contribution in [0.5, 0.6) is 0 Å². The zero-order valence-electron chi connectivity index (χ0n) is 14.7. The van der Waals surface area contributed by atoms with Crippen molar-refractivity contribution >= 4 is 31.3 Å². The van der Waals surface area contributed by atoms with E-state index in [1.165, 1.54) is 0 Å². The van der Waals surface area contributed by atoms with Crippen molar-refractivity contribution in [2.45, 2.75) is 19.4 Å². The van der Waals surface area contributed by atoms with Crippen LogP contribution in [-0.2, 0) is 4.74 Å². The molecule has 3 rings (SSSR count). The van der Waals surface area contributed by atoms with Gasteiger partial charge in [-0.3, -0.25) is 9.97 Å². The van der Waals surface area contributed by atoms with E-state index in [1.54, 1.807) is 19.5 Å². The maximum atomic E-state index is 9.40. The number of methoxy groups -OCH3 is 1. The topological polar surface area (TPSA) is 74.1 Å². The number of ether oxygens (including phenoxy) is 1. The maximum Gasteiger partial charge on any atom is 0.114 e. The lowest BCUT2D eigenvalue weighted by atomic mass is 9.95. The molecule has 1 unspecified atom stereocenters. The molecule has 0 radical (unpaired) electrons. The van der Waals surface area contributed by atoms with Gasteiger partial charge in [-0.1, -0.05) is 6.92 Å². The summed E-state index contributed by atoms with van der Waals surface area (Å²) >= 11 is 0. The summed E-state index contributed by atoms with van der Waals surface area (Å²) in [5.41, 5.74) is 3.11. The first kappa shape index (κ1) is 18.0. The van der Waals surface area contributed by atoms with Crippen molar-refractivity contribution in [1.29, 1.82) is 5.26 Å². The zero-order chi connectivity index (χ0) is 17.8. The highest BCUT2D eigenvalue weighted by Crippen LogP contribution is 2.30. The molecule has 1 fully saturated rings. The van der Waals surface area contributed by atoms with Crippen molar-refractivity contribution in [3.05, 3.63) is 24.0 Å². The number of aromatic nitrogens is 2. The Morgan fingerprint density at radius 2 is 2.12 bits per heavy atom. The van der Waals surface area contributed by atoms with Crippen LogP contribution in [0.3, 0.4) is 0 Å². The fourth-order valence-electron chi connectivity index (χ4n) is 3.60. The fraction of sp³-hybridized carbons (Fsp3) is 0.500. The summed E-state index contributed by atoms with van der Waals surface area (Å²) in [5, 5.41) is 14.0. The number of hydrogen-bond acceptors (Lipinski definition) is 6. The molecular weight excluding hydrogens is 333 g/mol. The Morgan fingerprint density at radius 3 is 2.84 bits per heavy atom. The number of nitrogens with zero attached hydrogens (tertiary/aromatic N) is 4. The molecule has 1 aliphatic rings. The van der Waals surface area contributed by atoms with E-state index in [4.69, 9.17) is 4.74 Å². The molecule has 6 nitrogen and oxygen atoms in total. The number of nitriles is 1. The molecule has 1 aliphatic heterocycles. The van der Waals surface area contributed by atoms with Gasteiger partial charge in [0.15, 0.2) is 0 Å². The summed E-state index contributed by atoms with van der Waals surface area (Å²) in [4.78, 5) is 11.3. The molecule has 0 saturated carbocycles. The van der Waals surface area contributed by atoms with E-state index in [0.29, 0.717) is 29.6 Å². The van der Waals surface area contributed by atoms with Gasteiger partial charge in [-0.2, -0.15) is 5.26 Å². The molecular formula is C18H24N5OP. The van der Waals surface area contributed by atoms with Crippen LogP contribution in [0.4, 0.5) is 5.69 Å². The summed E-state index contributed by atoms with van der Waals surface area (Å²) in [6.07, 6.45) is 4.48. The van der Waals surface area contributed by atoms with Gasteiger partial charge in [0.05, 0.1) is 17.9 Å². The predicted octanol–water partition coefficient (Wildman–Crippen LogP) is 1.45. The number of fused-ring (bicyclic) bond motifs is 1. The summed E-state index contributed by atoms with van der Waals surface area (Å²) in [7, 11) is 4.48. The van der Waals surface area contributed by atoms with Crippen LogP contribution in [0.15, 0.2) is 18.5 Å². The monoisotopic (exact) mass is 357 g/mol. The maximum absolute atomic E-state index is 9.40. The molecule has 0 amide bonds. The second kappa shape index (κ2) is 8.05. The smallest absolute Gasteiger partial charge is 0.114 e. The van der Waals surface area contributed by atoms with E-state index in [2.05, 4.69) is 42.4 Å². The van der Waals surface area contributed by atoms with Gasteiger partial charge in [0.2, 0.25) is 0 Å². The van der Waals surface area contributed by atoms with E-state index < -0.39 is 0 Å². The zero-order valence-corrected chi connectivity index (χ0v) is 15.9. The third-order valence-corrected chi connectivity index (χ3v) is 5.03. The summed E-state index contributed by atoms with van der Waals surface area (Å²) < 4.78 is 5.15. The Labute approximate surface area is 150 Å². The van der Waals surface area contributed by atoms with Crippen LogP contribution in [0.25, 0.3) is 11.0 Å². The fourth-order valence-corrected chi connectivity index (χ4v) is 4.09. The van der Waals surface area contributed by atoms with E-state index in [0.717, 1.165) is 42.6 Å². The SMILES string of the molecule is COCCN[C@@H]1C[C@H](C)CN(c2c(P)cc(C#N)c3nccnc23)C1. The molecule has 2 aromatic rings. The third kappa shape index (κ3) is 3.90. The number of benzene rings is 1. The van der Waals surface area contributed by atoms with E-state index in [-0.39, 0.29) is 0 Å². The number of hydrogen-bond donors (Lipinski definition) is 1. The van der Waals surface area contributed by atoms with Crippen molar-refractivity contribution in [2.24, 2.45) is 5.92 Å². The Kier molecular flexibility index (Phi) is 5.80. The van der Waals surface area contributed by atoms with Crippen LogP contribution in [0, 0.1) is 17.2 Å². The predicted molar refractivity (Wildman–Crippen MR) is 103 cm³/mol. The second-order valence-corrected chi connectivity index (χ2v) is 7.24. The van der Waals surface area contributed by atoms with Gasteiger partial charge < -0.3 is 15.0 Å². The Bertz CT molecular complexity index is 791. The molecule has 3 atom stereocenters. The normalized spacial score (nSPS) is 20.6. The Hall–Kier alpha value is -1.80. The van der Waals surface area contributed by atoms with Crippen molar-refractivity contribution in [3.8, 4) is 6.07 Å². The van der Waals surface area contributed by atoms with Crippen LogP contribution >= 0.6 is 9.24 Å². The van der Waals surface area contributed by atoms with Gasteiger partial charge in [0.1, 0.15) is 17.1 Å². The quantitative estimate of drug-likeness (QED) is 0.645. The minimum absolute atomic E-state index is 0.408. The van der Waals surface area contributed by atoms with Crippen molar-refractivity contribution < 1.29 is 4.74 Å². The lowest BCUT2D eigenvalue weighted by Crippen LogP contribution is -2.50. The molecule has 25 heavy (non-hydrogen) atoms. The molecule has 1 saturated heterocycles. The van der Waals surface area contributed by atoms with Gasteiger partial charge in [0.25, 0.3) is 0 Å². The van der Waals surface area contributed by atoms with Gasteiger partial charge in [-0.15, -0.1) is 9.24 Å². The first-order valence-corrected chi connectivity index (χ1v) is 9.12. The molecule has 0 bridgehead atoms. The number of anilines is 1. The van der Waals surface area contributed by atoms with E-state index in [1.807, 2.05) is 6.07 Å². The van der Waals surface area contributed by atoms with Gasteiger partial charge in [-0.05, 0) is 23.7 Å². The molecule has 7 heteroatoms. The highest BCUT2D eigenvalue weighted by molar-refractivity contribution is 7.28. The first-order valence-electron chi connectivity index (χ1n) is 8.54. The lowest BCUT2D eigenvalue weighted by Gasteiger charge is -2.39. The highest BCUT2D eigenvalue weighted by atomic mass is 31.0. The molecule has 1 aromatic heterocycles. The minimum Gasteiger partial charge on any atom is -0.383 e. The highest BCUT2D eigenvalue weighted by Gasteiger charge is 2.27. The summed E-state index contributed by atoms with van der Waals surface area (Å²) in [5.74, 6) is 0.570. The summed E-state index contributed by atoms with van der Waals surface area (Å²) in [6, 6.07) is 4.53. The van der Waals surface area contributed by atoms with Gasteiger partial charge in [0, 0.05) is 45.2 Å². The van der Waals surface area contributed by atoms with Crippen molar-refractivity contribution in [2.75, 3.05) is 38.3 Å². The minimum atomic E-state index is 0.408. The van der Waals surface area contributed by atoms with Crippen molar-refractivity contribution in [1.82, 2.24) is 15.3 Å². The first-order chi connectivity index (χ1) is 12.1. The van der Waals surface area contributed by atoms with Crippen LogP contribution in [0.1, 0.15) is 18.9 Å². The average Bonchev–Trinajstić information content (AvgIpc) is 2.60. The molecule has 0 aliphatic carbocycles.